The molecule has 1 amide bonds. The number of benzene rings is 2. The van der Waals surface area contributed by atoms with Crippen LogP contribution in [0.5, 0.6) is 5.75 Å². The molecule has 2 aromatic heterocycles. The number of amides is 1. The summed E-state index contributed by atoms with van der Waals surface area (Å²) in [5.41, 5.74) is 3.74. The van der Waals surface area contributed by atoms with E-state index in [4.69, 9.17) is 19.8 Å². The van der Waals surface area contributed by atoms with Gasteiger partial charge in [-0.1, -0.05) is 17.7 Å². The summed E-state index contributed by atoms with van der Waals surface area (Å²) in [7, 11) is 1.63. The van der Waals surface area contributed by atoms with Crippen LogP contribution in [0.3, 0.4) is 0 Å². The third-order valence-electron chi connectivity index (χ3n) is 7.07. The molecule has 2 fully saturated rings. The van der Waals surface area contributed by atoms with Gasteiger partial charge < -0.3 is 14.5 Å². The minimum atomic E-state index is 0.0539. The fraction of sp³-hybridized carbons (Fsp3) is 0.357. The Morgan fingerprint density at radius 2 is 1.72 bits per heavy atom. The second kappa shape index (κ2) is 9.26. The Kier molecular flexibility index (Phi) is 5.79. The molecule has 2 aliphatic rings. The molecule has 8 heteroatoms. The summed E-state index contributed by atoms with van der Waals surface area (Å²) < 4.78 is 7.15. The van der Waals surface area contributed by atoms with Crippen molar-refractivity contribution in [2.24, 2.45) is 0 Å². The number of anilines is 1. The normalized spacial score (nSPS) is 16.3. The third kappa shape index (κ3) is 4.27. The van der Waals surface area contributed by atoms with Crippen molar-refractivity contribution in [2.45, 2.75) is 32.1 Å². The molecule has 4 aromatic rings. The molecule has 0 spiro atoms. The van der Waals surface area contributed by atoms with Crippen molar-refractivity contribution in [3.63, 3.8) is 0 Å². The van der Waals surface area contributed by atoms with E-state index in [1.165, 1.54) is 5.56 Å². The van der Waals surface area contributed by atoms with Crippen LogP contribution < -0.4 is 9.64 Å². The maximum absolute atomic E-state index is 13.2. The SMILES string of the molecule is COc1ccc(C(=O)N2CCCN(c3nc(C4CC4)nc4c3cnn4-c3ccc(C)cc3)CC2)cc1. The largest absolute Gasteiger partial charge is 0.497 e. The number of fused-ring (bicyclic) bond motifs is 1. The zero-order valence-corrected chi connectivity index (χ0v) is 20.7. The van der Waals surface area contributed by atoms with Gasteiger partial charge in [0.2, 0.25) is 0 Å². The lowest BCUT2D eigenvalue weighted by Gasteiger charge is -2.24. The molecular formula is C28H30N6O2. The van der Waals surface area contributed by atoms with Gasteiger partial charge in [0.25, 0.3) is 5.91 Å². The topological polar surface area (TPSA) is 76.4 Å². The van der Waals surface area contributed by atoms with Crippen LogP contribution in [0.4, 0.5) is 5.82 Å². The Morgan fingerprint density at radius 3 is 2.44 bits per heavy atom. The summed E-state index contributed by atoms with van der Waals surface area (Å²) >= 11 is 0. The van der Waals surface area contributed by atoms with Crippen LogP contribution in [0.15, 0.2) is 54.7 Å². The van der Waals surface area contributed by atoms with Gasteiger partial charge in [0.1, 0.15) is 17.4 Å². The Hall–Kier alpha value is -3.94. The van der Waals surface area contributed by atoms with E-state index in [0.717, 1.165) is 59.9 Å². The number of ether oxygens (including phenoxy) is 1. The van der Waals surface area contributed by atoms with E-state index in [-0.39, 0.29) is 5.91 Å². The number of nitrogens with zero attached hydrogens (tertiary/aromatic N) is 6. The van der Waals surface area contributed by atoms with Gasteiger partial charge in [0.15, 0.2) is 5.65 Å². The standard InChI is InChI=1S/C28H30N6O2/c1-19-4-10-22(11-5-19)34-27-24(18-29-34)26(30-25(31-27)20-6-7-20)32-14-3-15-33(17-16-32)28(35)21-8-12-23(36-2)13-9-21/h4-5,8-13,18,20H,3,6-7,14-17H2,1-2H3. The second-order valence-electron chi connectivity index (χ2n) is 9.67. The predicted octanol–water partition coefficient (Wildman–Crippen LogP) is 4.36. The van der Waals surface area contributed by atoms with Crippen molar-refractivity contribution < 1.29 is 9.53 Å². The van der Waals surface area contributed by atoms with Crippen LogP contribution in [0.1, 0.15) is 46.9 Å². The lowest BCUT2D eigenvalue weighted by Crippen LogP contribution is -2.35. The number of aryl methyl sites for hydroxylation is 1. The predicted molar refractivity (Wildman–Crippen MR) is 139 cm³/mol. The highest BCUT2D eigenvalue weighted by Crippen LogP contribution is 2.40. The van der Waals surface area contributed by atoms with Crippen LogP contribution in [0.25, 0.3) is 16.7 Å². The van der Waals surface area contributed by atoms with Gasteiger partial charge in [0, 0.05) is 37.7 Å². The maximum atomic E-state index is 13.2. The number of methoxy groups -OCH3 is 1. The van der Waals surface area contributed by atoms with Crippen LogP contribution in [-0.4, -0.2) is 63.8 Å². The first-order valence-electron chi connectivity index (χ1n) is 12.6. The molecule has 0 N–H and O–H groups in total. The first-order chi connectivity index (χ1) is 17.6. The number of hydrogen-bond acceptors (Lipinski definition) is 6. The summed E-state index contributed by atoms with van der Waals surface area (Å²) in [5, 5.41) is 5.66. The van der Waals surface area contributed by atoms with Gasteiger partial charge in [-0.2, -0.15) is 5.10 Å². The summed E-state index contributed by atoms with van der Waals surface area (Å²) in [6.07, 6.45) is 5.02. The second-order valence-corrected chi connectivity index (χ2v) is 9.67. The van der Waals surface area contributed by atoms with Crippen molar-refractivity contribution in [1.29, 1.82) is 0 Å². The molecule has 1 aliphatic carbocycles. The number of aromatic nitrogens is 4. The smallest absolute Gasteiger partial charge is 0.253 e. The van der Waals surface area contributed by atoms with Crippen LogP contribution >= 0.6 is 0 Å². The number of carbonyl (C=O) groups is 1. The highest BCUT2D eigenvalue weighted by Gasteiger charge is 2.30. The Balaban J connectivity index is 1.29. The molecule has 0 bridgehead atoms. The van der Waals surface area contributed by atoms with E-state index >= 15 is 0 Å². The molecule has 184 valence electrons. The minimum absolute atomic E-state index is 0.0539. The number of hydrogen-bond donors (Lipinski definition) is 0. The quantitative estimate of drug-likeness (QED) is 0.421. The van der Waals surface area contributed by atoms with Gasteiger partial charge in [-0.15, -0.1) is 0 Å². The zero-order chi connectivity index (χ0) is 24.6. The van der Waals surface area contributed by atoms with E-state index < -0.39 is 0 Å². The molecule has 0 radical (unpaired) electrons. The Labute approximate surface area is 210 Å². The fourth-order valence-corrected chi connectivity index (χ4v) is 4.80. The number of carbonyl (C=O) groups excluding carboxylic acids is 1. The summed E-state index contributed by atoms with van der Waals surface area (Å²) in [6, 6.07) is 15.7. The molecule has 0 unspecified atom stereocenters. The molecule has 3 heterocycles. The van der Waals surface area contributed by atoms with Crippen molar-refractivity contribution in [1.82, 2.24) is 24.6 Å². The first kappa shape index (κ1) is 22.5. The van der Waals surface area contributed by atoms with E-state index in [0.29, 0.717) is 31.1 Å². The van der Waals surface area contributed by atoms with E-state index in [1.54, 1.807) is 7.11 Å². The van der Waals surface area contributed by atoms with Gasteiger partial charge in [-0.05, 0) is 62.6 Å². The lowest BCUT2D eigenvalue weighted by molar-refractivity contribution is 0.0767. The highest BCUT2D eigenvalue weighted by molar-refractivity contribution is 5.94. The number of rotatable bonds is 5. The van der Waals surface area contributed by atoms with Gasteiger partial charge in [-0.3, -0.25) is 4.79 Å². The average molecular weight is 483 g/mol. The van der Waals surface area contributed by atoms with Gasteiger partial charge in [0.05, 0.1) is 24.4 Å². The molecule has 1 saturated heterocycles. The van der Waals surface area contributed by atoms with Crippen molar-refractivity contribution in [3.8, 4) is 11.4 Å². The third-order valence-corrected chi connectivity index (χ3v) is 7.07. The highest BCUT2D eigenvalue weighted by atomic mass is 16.5. The minimum Gasteiger partial charge on any atom is -0.497 e. The molecule has 8 nitrogen and oxygen atoms in total. The molecule has 1 saturated carbocycles. The van der Waals surface area contributed by atoms with Gasteiger partial charge in [-0.25, -0.2) is 14.6 Å². The average Bonchev–Trinajstić information content (AvgIpc) is 3.72. The van der Waals surface area contributed by atoms with Crippen LogP contribution in [0.2, 0.25) is 0 Å². The van der Waals surface area contributed by atoms with Crippen LogP contribution in [0, 0.1) is 6.92 Å². The summed E-state index contributed by atoms with van der Waals surface area (Å²) in [4.78, 5) is 27.4. The molecule has 1 aliphatic heterocycles. The molecular weight excluding hydrogens is 452 g/mol. The Morgan fingerprint density at radius 1 is 0.944 bits per heavy atom. The molecule has 0 atom stereocenters. The van der Waals surface area contributed by atoms with Crippen LogP contribution in [-0.2, 0) is 0 Å². The lowest BCUT2D eigenvalue weighted by atomic mass is 10.2. The Bertz CT molecular complexity index is 1390. The van der Waals surface area contributed by atoms with E-state index in [9.17, 15) is 4.79 Å². The first-order valence-corrected chi connectivity index (χ1v) is 12.6. The van der Waals surface area contributed by atoms with Crippen molar-refractivity contribution >= 4 is 22.8 Å². The maximum Gasteiger partial charge on any atom is 0.253 e. The molecule has 6 rings (SSSR count). The van der Waals surface area contributed by atoms with E-state index in [2.05, 4.69) is 36.1 Å². The van der Waals surface area contributed by atoms with E-state index in [1.807, 2.05) is 40.0 Å². The zero-order valence-electron chi connectivity index (χ0n) is 20.7. The van der Waals surface area contributed by atoms with Crippen molar-refractivity contribution in [2.75, 3.05) is 38.2 Å². The summed E-state index contributed by atoms with van der Waals surface area (Å²) in [5.74, 6) is 3.06. The monoisotopic (exact) mass is 482 g/mol. The molecule has 2 aromatic carbocycles. The van der Waals surface area contributed by atoms with Gasteiger partial charge >= 0.3 is 0 Å². The van der Waals surface area contributed by atoms with Crippen molar-refractivity contribution in [3.05, 3.63) is 71.7 Å². The summed E-state index contributed by atoms with van der Waals surface area (Å²) in [6.45, 7) is 4.99. The fourth-order valence-electron chi connectivity index (χ4n) is 4.80. The molecule has 36 heavy (non-hydrogen) atoms.